The molecule has 4 aliphatic heterocycles. The summed E-state index contributed by atoms with van der Waals surface area (Å²) in [6.07, 6.45) is 4.20. The number of piperazine rings is 1. The Bertz CT molecular complexity index is 2120. The van der Waals surface area contributed by atoms with Crippen molar-refractivity contribution in [2.24, 2.45) is 0 Å². The van der Waals surface area contributed by atoms with Gasteiger partial charge in [0, 0.05) is 93.9 Å². The van der Waals surface area contributed by atoms with Gasteiger partial charge in [-0.1, -0.05) is 17.7 Å². The quantitative estimate of drug-likeness (QED) is 0.326. The van der Waals surface area contributed by atoms with Crippen molar-refractivity contribution in [1.82, 2.24) is 25.3 Å². The minimum atomic E-state index is -0.647. The van der Waals surface area contributed by atoms with E-state index in [1.165, 1.54) is 0 Å². The maximum Gasteiger partial charge on any atom is 0.255 e. The number of nitrogens with zero attached hydrogens (tertiary/aromatic N) is 6. The highest BCUT2D eigenvalue weighted by molar-refractivity contribution is 6.32. The lowest BCUT2D eigenvalue weighted by atomic mass is 9.90. The number of hydrogen-bond donors (Lipinski definition) is 2. The van der Waals surface area contributed by atoms with Gasteiger partial charge in [-0.25, -0.2) is 0 Å². The van der Waals surface area contributed by atoms with Crippen molar-refractivity contribution in [3.8, 4) is 6.07 Å². The molecule has 5 aliphatic rings. The predicted molar refractivity (Wildman–Crippen MR) is 210 cm³/mol. The molecule has 0 spiro atoms. The van der Waals surface area contributed by atoms with E-state index in [4.69, 9.17) is 11.6 Å². The molecule has 2 N–H and O–H groups in total. The van der Waals surface area contributed by atoms with E-state index in [9.17, 15) is 29.2 Å². The van der Waals surface area contributed by atoms with E-state index < -0.39 is 11.9 Å². The molecule has 1 aliphatic carbocycles. The van der Waals surface area contributed by atoms with Crippen LogP contribution >= 0.6 is 11.6 Å². The molecule has 0 aromatic heterocycles. The number of amides is 5. The molecule has 2 saturated heterocycles. The molecular weight excluding hydrogens is 732 g/mol. The number of fused-ring (bicyclic) bond motifs is 2. The van der Waals surface area contributed by atoms with E-state index in [-0.39, 0.29) is 36.1 Å². The maximum atomic E-state index is 13.4. The molecule has 1 atom stereocenters. The first-order valence-electron chi connectivity index (χ1n) is 19.4. The first kappa shape index (κ1) is 37.5. The summed E-state index contributed by atoms with van der Waals surface area (Å²) in [5.41, 5.74) is 6.55. The molecule has 290 valence electrons. The molecule has 1 unspecified atom stereocenters. The standard InChI is InChI=1S/C42H45ClN8O5/c1-47(34-9-4-27(21-44)36(43)20-34)32-10-5-31(6-11-32)45-40(54)26-2-7-33(8-3-26)49-16-14-48(15-17-49)25-39(53)50-22-28-18-30-24-51(37-12-13-38(52)46-41(37)55)42(56)35(30)19-29(28)23-50/h2-4,7-9,18-20,31-32,37H,5-6,10-17,22-25H2,1H3,(H,45,54)(H,46,52,55)/t31-,32-,37?. The topological polar surface area (TPSA) is 149 Å². The zero-order valence-electron chi connectivity index (χ0n) is 31.4. The first-order chi connectivity index (χ1) is 27.0. The number of imide groups is 1. The molecule has 0 bridgehead atoms. The van der Waals surface area contributed by atoms with E-state index >= 15 is 0 Å². The third kappa shape index (κ3) is 7.55. The smallest absolute Gasteiger partial charge is 0.255 e. The van der Waals surface area contributed by atoms with Crippen LogP contribution in [0.5, 0.6) is 0 Å². The Balaban J connectivity index is 0.770. The Labute approximate surface area is 331 Å². The molecule has 5 amide bonds. The van der Waals surface area contributed by atoms with Gasteiger partial charge in [0.15, 0.2) is 0 Å². The summed E-state index contributed by atoms with van der Waals surface area (Å²) >= 11 is 6.26. The predicted octanol–water partition coefficient (Wildman–Crippen LogP) is 3.81. The summed E-state index contributed by atoms with van der Waals surface area (Å²) in [5.74, 6) is -0.944. The minimum absolute atomic E-state index is 0.0541. The van der Waals surface area contributed by atoms with E-state index in [1.807, 2.05) is 53.4 Å². The molecule has 56 heavy (non-hydrogen) atoms. The van der Waals surface area contributed by atoms with Crippen LogP contribution in [-0.4, -0.2) is 102 Å². The van der Waals surface area contributed by atoms with Crippen LogP contribution in [0.3, 0.4) is 0 Å². The molecule has 14 heteroatoms. The monoisotopic (exact) mass is 776 g/mol. The number of rotatable bonds is 8. The van der Waals surface area contributed by atoms with Crippen molar-refractivity contribution < 1.29 is 24.0 Å². The highest BCUT2D eigenvalue weighted by Gasteiger charge is 2.40. The Hall–Kier alpha value is -5.45. The fourth-order valence-corrected chi connectivity index (χ4v) is 9.05. The van der Waals surface area contributed by atoms with Crippen molar-refractivity contribution in [2.75, 3.05) is 49.6 Å². The molecule has 13 nitrogen and oxygen atoms in total. The van der Waals surface area contributed by atoms with E-state index in [0.717, 1.165) is 79.9 Å². The number of hydrogen-bond acceptors (Lipinski definition) is 9. The van der Waals surface area contributed by atoms with Crippen LogP contribution in [0.2, 0.25) is 5.02 Å². The Morgan fingerprint density at radius 3 is 2.29 bits per heavy atom. The van der Waals surface area contributed by atoms with Crippen LogP contribution in [0.1, 0.15) is 81.5 Å². The van der Waals surface area contributed by atoms with Crippen molar-refractivity contribution >= 4 is 52.5 Å². The van der Waals surface area contributed by atoms with Gasteiger partial charge >= 0.3 is 0 Å². The average molecular weight is 777 g/mol. The SMILES string of the molecule is CN(c1ccc(C#N)c(Cl)c1)[C@H]1CC[C@H](NC(=O)c2ccc(N3CCN(CC(=O)N4Cc5cc6c(cc5C4)C(=O)N(C4CCC(=O)NC4=O)C6)CC3)cc2)CC1. The number of carbonyl (C=O) groups is 5. The Morgan fingerprint density at radius 1 is 0.893 bits per heavy atom. The Morgan fingerprint density at radius 2 is 1.61 bits per heavy atom. The minimum Gasteiger partial charge on any atom is -0.372 e. The highest BCUT2D eigenvalue weighted by atomic mass is 35.5. The number of nitrogens with one attached hydrogen (secondary N) is 2. The molecule has 4 heterocycles. The van der Waals surface area contributed by atoms with Gasteiger partial charge in [-0.3, -0.25) is 34.2 Å². The van der Waals surface area contributed by atoms with Crippen LogP contribution < -0.4 is 20.4 Å². The van der Waals surface area contributed by atoms with E-state index in [2.05, 4.69) is 38.5 Å². The van der Waals surface area contributed by atoms with Crippen LogP contribution in [0.15, 0.2) is 54.6 Å². The third-order valence-corrected chi connectivity index (χ3v) is 12.5. The zero-order valence-corrected chi connectivity index (χ0v) is 32.2. The number of nitriles is 1. The third-order valence-electron chi connectivity index (χ3n) is 12.2. The summed E-state index contributed by atoms with van der Waals surface area (Å²) in [6.45, 7) is 4.59. The van der Waals surface area contributed by atoms with Gasteiger partial charge in [0.1, 0.15) is 12.1 Å². The number of carbonyl (C=O) groups excluding carboxylic acids is 5. The van der Waals surface area contributed by atoms with Crippen LogP contribution in [0, 0.1) is 11.3 Å². The molecule has 1 saturated carbocycles. The molecule has 3 fully saturated rings. The summed E-state index contributed by atoms with van der Waals surface area (Å²) in [7, 11) is 2.05. The molecule has 0 radical (unpaired) electrons. The van der Waals surface area contributed by atoms with Gasteiger partial charge in [-0.2, -0.15) is 5.26 Å². The van der Waals surface area contributed by atoms with Gasteiger partial charge in [-0.05, 0) is 97.3 Å². The van der Waals surface area contributed by atoms with Gasteiger partial charge < -0.3 is 24.9 Å². The van der Waals surface area contributed by atoms with Crippen LogP contribution in [0.25, 0.3) is 0 Å². The van der Waals surface area contributed by atoms with Crippen molar-refractivity contribution in [3.05, 3.63) is 93.0 Å². The van der Waals surface area contributed by atoms with Crippen molar-refractivity contribution in [3.63, 3.8) is 0 Å². The first-order valence-corrected chi connectivity index (χ1v) is 19.8. The maximum absolute atomic E-state index is 13.4. The lowest BCUT2D eigenvalue weighted by Gasteiger charge is -2.36. The van der Waals surface area contributed by atoms with Gasteiger partial charge in [0.05, 0.1) is 17.1 Å². The molecular formula is C42H45ClN8O5. The second-order valence-electron chi connectivity index (χ2n) is 15.6. The second-order valence-corrected chi connectivity index (χ2v) is 16.0. The van der Waals surface area contributed by atoms with Gasteiger partial charge in [0.2, 0.25) is 17.7 Å². The zero-order chi connectivity index (χ0) is 39.1. The number of anilines is 2. The summed E-state index contributed by atoms with van der Waals surface area (Å²) in [5, 5.41) is 15.2. The lowest BCUT2D eigenvalue weighted by molar-refractivity contribution is -0.137. The van der Waals surface area contributed by atoms with Crippen LogP contribution in [0.4, 0.5) is 11.4 Å². The number of benzene rings is 3. The largest absolute Gasteiger partial charge is 0.372 e. The summed E-state index contributed by atoms with van der Waals surface area (Å²) in [4.78, 5) is 74.0. The van der Waals surface area contributed by atoms with Crippen molar-refractivity contribution in [2.45, 2.75) is 76.3 Å². The summed E-state index contributed by atoms with van der Waals surface area (Å²) < 4.78 is 0. The normalized spacial score (nSPS) is 22.3. The second kappa shape index (κ2) is 15.6. The molecule has 3 aromatic carbocycles. The van der Waals surface area contributed by atoms with Crippen LogP contribution in [-0.2, 0) is 34.0 Å². The van der Waals surface area contributed by atoms with E-state index in [0.29, 0.717) is 60.4 Å². The van der Waals surface area contributed by atoms with Gasteiger partial charge in [-0.15, -0.1) is 0 Å². The summed E-state index contributed by atoms with van der Waals surface area (Å²) in [6, 6.07) is 19.1. The fraction of sp³-hybridized carbons (Fsp3) is 0.429. The average Bonchev–Trinajstić information content (AvgIpc) is 3.77. The number of halogens is 1. The van der Waals surface area contributed by atoms with Crippen molar-refractivity contribution in [1.29, 1.82) is 5.26 Å². The Kier molecular flexibility index (Phi) is 10.4. The number of piperidine rings is 1. The van der Waals surface area contributed by atoms with Gasteiger partial charge in [0.25, 0.3) is 11.8 Å². The lowest BCUT2D eigenvalue weighted by Crippen LogP contribution is -2.52. The highest BCUT2D eigenvalue weighted by Crippen LogP contribution is 2.34. The fourth-order valence-electron chi connectivity index (χ4n) is 8.83. The van der Waals surface area contributed by atoms with E-state index in [1.54, 1.807) is 11.0 Å². The molecule has 3 aromatic rings. The molecule has 8 rings (SSSR count).